The Labute approximate surface area is 213 Å². The van der Waals surface area contributed by atoms with Crippen LogP contribution in [0.5, 0.6) is 5.75 Å². The van der Waals surface area contributed by atoms with Crippen LogP contribution in [0.3, 0.4) is 0 Å². The molecule has 0 aliphatic carbocycles. The van der Waals surface area contributed by atoms with Gasteiger partial charge in [0.25, 0.3) is 0 Å². The average Bonchev–Trinajstić information content (AvgIpc) is 3.55. The Morgan fingerprint density at radius 3 is 2.70 bits per heavy atom. The van der Waals surface area contributed by atoms with Gasteiger partial charge in [0.05, 0.1) is 63.0 Å². The molecule has 1 atom stereocenters. The maximum absolute atomic E-state index is 6.02. The lowest BCUT2D eigenvalue weighted by molar-refractivity contribution is 0.0272. The molecule has 14 heteroatoms. The number of aromatic nitrogens is 9. The van der Waals surface area contributed by atoms with E-state index in [1.54, 1.807) is 34.2 Å². The molecule has 0 radical (unpaired) electrons. The molecule has 0 aromatic carbocycles. The largest absolute Gasteiger partial charge is 0.489 e. The predicted molar refractivity (Wildman–Crippen MR) is 132 cm³/mol. The maximum Gasteiger partial charge on any atom is 0.225 e. The molecule has 0 spiro atoms. The Bertz CT molecular complexity index is 1320. The first kappa shape index (κ1) is 23.6. The standard InChI is InChI=1S/C23H29N11O3/c1-31-14-17(10-27-31)20-13-24-21-22(28-20)34(30-29-21)16-19-15-33(5-9-37-19)23-25-11-18(12-26-23)36-8-4-32-2-6-35-7-3-32/h10-14,19H,2-9,15-16H2,1H3. The second kappa shape index (κ2) is 10.7. The van der Waals surface area contributed by atoms with Crippen molar-refractivity contribution in [1.82, 2.24) is 49.6 Å². The van der Waals surface area contributed by atoms with E-state index in [0.29, 0.717) is 55.8 Å². The summed E-state index contributed by atoms with van der Waals surface area (Å²) in [7, 11) is 1.87. The van der Waals surface area contributed by atoms with Crippen LogP contribution >= 0.6 is 0 Å². The van der Waals surface area contributed by atoms with Gasteiger partial charge in [-0.25, -0.2) is 24.6 Å². The van der Waals surface area contributed by atoms with Crippen LogP contribution in [-0.2, 0) is 23.1 Å². The number of hydrogen-bond donors (Lipinski definition) is 0. The molecule has 2 aliphatic heterocycles. The van der Waals surface area contributed by atoms with Gasteiger partial charge >= 0.3 is 0 Å². The van der Waals surface area contributed by atoms with Crippen molar-refractivity contribution in [2.75, 3.05) is 64.1 Å². The number of morpholine rings is 2. The molecule has 6 heterocycles. The Hall–Kier alpha value is -3.75. The van der Waals surface area contributed by atoms with Gasteiger partial charge in [0.15, 0.2) is 11.4 Å². The average molecular weight is 508 g/mol. The molecular formula is C23H29N11O3. The summed E-state index contributed by atoms with van der Waals surface area (Å²) in [5, 5.41) is 12.6. The van der Waals surface area contributed by atoms with Crippen LogP contribution in [0.15, 0.2) is 31.0 Å². The summed E-state index contributed by atoms with van der Waals surface area (Å²) in [6.45, 7) is 7.29. The van der Waals surface area contributed by atoms with Gasteiger partial charge in [-0.1, -0.05) is 5.21 Å². The lowest BCUT2D eigenvalue weighted by atomic mass is 10.2. The zero-order valence-corrected chi connectivity index (χ0v) is 20.7. The fraction of sp³-hybridized carbons (Fsp3) is 0.522. The summed E-state index contributed by atoms with van der Waals surface area (Å²) >= 11 is 0. The number of anilines is 1. The van der Waals surface area contributed by atoms with Gasteiger partial charge in [0, 0.05) is 51.5 Å². The van der Waals surface area contributed by atoms with Crippen molar-refractivity contribution in [1.29, 1.82) is 0 Å². The Morgan fingerprint density at radius 1 is 1.03 bits per heavy atom. The smallest absolute Gasteiger partial charge is 0.225 e. The highest BCUT2D eigenvalue weighted by Gasteiger charge is 2.24. The van der Waals surface area contributed by atoms with Gasteiger partial charge in [-0.3, -0.25) is 9.58 Å². The van der Waals surface area contributed by atoms with Crippen molar-refractivity contribution in [2.45, 2.75) is 12.6 Å². The minimum Gasteiger partial charge on any atom is -0.489 e. The quantitative estimate of drug-likeness (QED) is 0.318. The number of aryl methyl sites for hydroxylation is 1. The monoisotopic (exact) mass is 507 g/mol. The first-order valence-corrected chi connectivity index (χ1v) is 12.4. The van der Waals surface area contributed by atoms with E-state index in [2.05, 4.69) is 40.2 Å². The third kappa shape index (κ3) is 5.50. The molecule has 2 saturated heterocycles. The van der Waals surface area contributed by atoms with Crippen LogP contribution in [-0.4, -0.2) is 115 Å². The van der Waals surface area contributed by atoms with E-state index in [1.807, 2.05) is 13.2 Å². The molecule has 14 nitrogen and oxygen atoms in total. The molecule has 37 heavy (non-hydrogen) atoms. The minimum atomic E-state index is -0.129. The van der Waals surface area contributed by atoms with Crippen LogP contribution < -0.4 is 9.64 Å². The number of nitrogens with zero attached hydrogens (tertiary/aromatic N) is 11. The van der Waals surface area contributed by atoms with Gasteiger partial charge in [-0.15, -0.1) is 5.10 Å². The van der Waals surface area contributed by atoms with E-state index in [0.717, 1.165) is 44.1 Å². The highest BCUT2D eigenvalue weighted by atomic mass is 16.5. The van der Waals surface area contributed by atoms with Crippen molar-refractivity contribution in [3.05, 3.63) is 31.0 Å². The van der Waals surface area contributed by atoms with Gasteiger partial charge in [0.2, 0.25) is 11.6 Å². The molecule has 1 unspecified atom stereocenters. The molecule has 0 bridgehead atoms. The molecule has 194 valence electrons. The molecule has 2 aliphatic rings. The summed E-state index contributed by atoms with van der Waals surface area (Å²) in [6, 6.07) is 0. The molecule has 2 fully saturated rings. The zero-order chi connectivity index (χ0) is 25.0. The third-order valence-electron chi connectivity index (χ3n) is 6.42. The minimum absolute atomic E-state index is 0.129. The predicted octanol–water partition coefficient (Wildman–Crippen LogP) is 0.0282. The van der Waals surface area contributed by atoms with E-state index in [-0.39, 0.29) is 6.10 Å². The van der Waals surface area contributed by atoms with E-state index in [9.17, 15) is 0 Å². The number of rotatable bonds is 8. The first-order chi connectivity index (χ1) is 18.2. The molecule has 6 rings (SSSR count). The summed E-state index contributed by atoms with van der Waals surface area (Å²) in [5.41, 5.74) is 2.70. The molecule has 4 aromatic heterocycles. The fourth-order valence-corrected chi connectivity index (χ4v) is 4.44. The van der Waals surface area contributed by atoms with Crippen molar-refractivity contribution in [2.24, 2.45) is 7.05 Å². The summed E-state index contributed by atoms with van der Waals surface area (Å²) in [5.74, 6) is 1.31. The van der Waals surface area contributed by atoms with E-state index < -0.39 is 0 Å². The second-order valence-corrected chi connectivity index (χ2v) is 9.04. The van der Waals surface area contributed by atoms with Crippen molar-refractivity contribution < 1.29 is 14.2 Å². The van der Waals surface area contributed by atoms with E-state index in [1.165, 1.54) is 0 Å². The van der Waals surface area contributed by atoms with Crippen molar-refractivity contribution in [3.8, 4) is 17.0 Å². The van der Waals surface area contributed by atoms with Crippen LogP contribution in [0, 0.1) is 0 Å². The Balaban J connectivity index is 1.07. The lowest BCUT2D eigenvalue weighted by Gasteiger charge is -2.32. The molecule has 0 saturated carbocycles. The fourth-order valence-electron chi connectivity index (χ4n) is 4.44. The van der Waals surface area contributed by atoms with E-state index in [4.69, 9.17) is 19.2 Å². The third-order valence-corrected chi connectivity index (χ3v) is 6.42. The van der Waals surface area contributed by atoms with Crippen LogP contribution in [0.2, 0.25) is 0 Å². The van der Waals surface area contributed by atoms with Crippen molar-refractivity contribution in [3.63, 3.8) is 0 Å². The van der Waals surface area contributed by atoms with Crippen LogP contribution in [0.1, 0.15) is 0 Å². The highest BCUT2D eigenvalue weighted by molar-refractivity contribution is 5.69. The zero-order valence-electron chi connectivity index (χ0n) is 20.7. The summed E-state index contributed by atoms with van der Waals surface area (Å²) < 4.78 is 20.7. The van der Waals surface area contributed by atoms with Crippen molar-refractivity contribution >= 4 is 17.2 Å². The molecule has 0 N–H and O–H groups in total. The highest BCUT2D eigenvalue weighted by Crippen LogP contribution is 2.19. The van der Waals surface area contributed by atoms with Crippen LogP contribution in [0.4, 0.5) is 5.95 Å². The second-order valence-electron chi connectivity index (χ2n) is 9.04. The van der Waals surface area contributed by atoms with Crippen LogP contribution in [0.25, 0.3) is 22.6 Å². The first-order valence-electron chi connectivity index (χ1n) is 12.4. The normalized spacial score (nSPS) is 18.9. The Morgan fingerprint density at radius 2 is 1.89 bits per heavy atom. The SMILES string of the molecule is Cn1cc(-c2cnc3nnn(CC4CN(c5ncc(OCCN6CCOCC6)cn5)CCO4)c3n2)cn1. The molecule has 4 aromatic rings. The van der Waals surface area contributed by atoms with Gasteiger partial charge in [0.1, 0.15) is 6.61 Å². The number of ether oxygens (including phenoxy) is 3. The van der Waals surface area contributed by atoms with E-state index >= 15 is 0 Å². The topological polar surface area (TPSA) is 134 Å². The molecule has 0 amide bonds. The number of hydrogen-bond acceptors (Lipinski definition) is 12. The van der Waals surface area contributed by atoms with Gasteiger partial charge in [-0.05, 0) is 0 Å². The summed E-state index contributed by atoms with van der Waals surface area (Å²) in [4.78, 5) is 22.6. The lowest BCUT2D eigenvalue weighted by Crippen LogP contribution is -2.45. The number of fused-ring (bicyclic) bond motifs is 1. The maximum atomic E-state index is 6.02. The van der Waals surface area contributed by atoms with Gasteiger partial charge in [-0.2, -0.15) is 5.10 Å². The Kier molecular flexibility index (Phi) is 6.84. The molecular weight excluding hydrogens is 478 g/mol. The van der Waals surface area contributed by atoms with Gasteiger partial charge < -0.3 is 19.1 Å². The summed E-state index contributed by atoms with van der Waals surface area (Å²) in [6.07, 6.45) is 8.67.